The van der Waals surface area contributed by atoms with Crippen LogP contribution >= 0.6 is 0 Å². The molecule has 0 bridgehead atoms. The van der Waals surface area contributed by atoms with E-state index in [4.69, 9.17) is 4.42 Å². The molecule has 0 spiro atoms. The molecule has 2 rings (SSSR count). The van der Waals surface area contributed by atoms with E-state index in [1.54, 1.807) is 6.26 Å². The first-order chi connectivity index (χ1) is 8.74. The van der Waals surface area contributed by atoms with E-state index in [0.29, 0.717) is 6.04 Å². The van der Waals surface area contributed by atoms with Crippen LogP contribution in [-0.4, -0.2) is 16.8 Å². The molecule has 2 aromatic rings. The summed E-state index contributed by atoms with van der Waals surface area (Å²) in [6.07, 6.45) is 8.80. The van der Waals surface area contributed by atoms with Gasteiger partial charge < -0.3 is 9.73 Å². The van der Waals surface area contributed by atoms with Gasteiger partial charge in [0, 0.05) is 31.3 Å². The molecular formula is C14H21N3O. The summed E-state index contributed by atoms with van der Waals surface area (Å²) in [5.41, 5.74) is 2.56. The quantitative estimate of drug-likeness (QED) is 0.852. The summed E-state index contributed by atoms with van der Waals surface area (Å²) in [6.45, 7) is 2.12. The van der Waals surface area contributed by atoms with Gasteiger partial charge in [-0.05, 0) is 31.5 Å². The predicted octanol–water partition coefficient (Wildman–Crippen LogP) is 2.47. The first-order valence-corrected chi connectivity index (χ1v) is 6.45. The Hall–Kier alpha value is -1.55. The number of aromatic nitrogens is 2. The Labute approximate surface area is 108 Å². The Morgan fingerprint density at radius 1 is 1.50 bits per heavy atom. The zero-order valence-corrected chi connectivity index (χ0v) is 11.3. The van der Waals surface area contributed by atoms with E-state index in [0.717, 1.165) is 25.0 Å². The van der Waals surface area contributed by atoms with Crippen molar-refractivity contribution < 1.29 is 4.42 Å². The maximum atomic E-state index is 5.50. The van der Waals surface area contributed by atoms with Crippen LogP contribution in [0, 0.1) is 0 Å². The molecular weight excluding hydrogens is 226 g/mol. The molecule has 1 atom stereocenters. The summed E-state index contributed by atoms with van der Waals surface area (Å²) < 4.78 is 7.34. The molecule has 2 heterocycles. The molecule has 4 heteroatoms. The van der Waals surface area contributed by atoms with Crippen molar-refractivity contribution in [3.05, 3.63) is 41.6 Å². The molecule has 0 aliphatic heterocycles. The smallest absolute Gasteiger partial charge is 0.108 e. The highest BCUT2D eigenvalue weighted by atomic mass is 16.3. The zero-order chi connectivity index (χ0) is 13.0. The molecule has 0 aliphatic rings. The van der Waals surface area contributed by atoms with Gasteiger partial charge in [-0.3, -0.25) is 4.68 Å². The van der Waals surface area contributed by atoms with Gasteiger partial charge in [-0.15, -0.1) is 0 Å². The van der Waals surface area contributed by atoms with E-state index in [-0.39, 0.29) is 0 Å². The molecule has 4 nitrogen and oxygen atoms in total. The monoisotopic (exact) mass is 247 g/mol. The second-order valence-corrected chi connectivity index (χ2v) is 4.55. The van der Waals surface area contributed by atoms with Gasteiger partial charge in [-0.1, -0.05) is 6.92 Å². The lowest BCUT2D eigenvalue weighted by molar-refractivity contribution is 0.486. The van der Waals surface area contributed by atoms with E-state index in [9.17, 15) is 0 Å². The van der Waals surface area contributed by atoms with Crippen molar-refractivity contribution in [2.24, 2.45) is 7.05 Å². The van der Waals surface area contributed by atoms with Crippen LogP contribution in [0.1, 0.15) is 36.3 Å². The average Bonchev–Trinajstić information content (AvgIpc) is 2.99. The van der Waals surface area contributed by atoms with Crippen LogP contribution in [0.25, 0.3) is 0 Å². The van der Waals surface area contributed by atoms with Gasteiger partial charge in [-0.25, -0.2) is 0 Å². The van der Waals surface area contributed by atoms with Gasteiger partial charge in [0.2, 0.25) is 0 Å². The van der Waals surface area contributed by atoms with Crippen molar-refractivity contribution in [1.82, 2.24) is 15.1 Å². The van der Waals surface area contributed by atoms with E-state index in [2.05, 4.69) is 29.6 Å². The summed E-state index contributed by atoms with van der Waals surface area (Å²) in [7, 11) is 3.95. The fraction of sp³-hybridized carbons (Fsp3) is 0.500. The lowest BCUT2D eigenvalue weighted by atomic mass is 10.00. The van der Waals surface area contributed by atoms with Crippen LogP contribution in [0.5, 0.6) is 0 Å². The summed E-state index contributed by atoms with van der Waals surface area (Å²) in [6, 6.07) is 2.42. The van der Waals surface area contributed by atoms with Gasteiger partial charge in [0.15, 0.2) is 0 Å². The molecule has 0 fully saturated rings. The second-order valence-electron chi connectivity index (χ2n) is 4.55. The van der Waals surface area contributed by atoms with E-state index < -0.39 is 0 Å². The third kappa shape index (κ3) is 2.82. The van der Waals surface area contributed by atoms with Gasteiger partial charge >= 0.3 is 0 Å². The number of aryl methyl sites for hydroxylation is 3. The average molecular weight is 247 g/mol. The topological polar surface area (TPSA) is 43.0 Å². The predicted molar refractivity (Wildman–Crippen MR) is 71.4 cm³/mol. The summed E-state index contributed by atoms with van der Waals surface area (Å²) in [5.74, 6) is 1.08. The largest absolute Gasteiger partial charge is 0.469 e. The number of hydrogen-bond acceptors (Lipinski definition) is 3. The minimum Gasteiger partial charge on any atom is -0.469 e. The Balaban J connectivity index is 2.01. The first-order valence-electron chi connectivity index (χ1n) is 6.45. The first kappa shape index (κ1) is 12.9. The Morgan fingerprint density at radius 2 is 2.33 bits per heavy atom. The lowest BCUT2D eigenvalue weighted by Crippen LogP contribution is -2.17. The second kappa shape index (κ2) is 5.87. The maximum Gasteiger partial charge on any atom is 0.108 e. The van der Waals surface area contributed by atoms with Gasteiger partial charge in [-0.2, -0.15) is 5.10 Å². The summed E-state index contributed by atoms with van der Waals surface area (Å²) in [4.78, 5) is 0. The van der Waals surface area contributed by atoms with Crippen molar-refractivity contribution in [3.63, 3.8) is 0 Å². The lowest BCUT2D eigenvalue weighted by Gasteiger charge is -2.15. The SMILES string of the molecule is CCc1occc1C(CCc1cnn(C)c1)NC. The summed E-state index contributed by atoms with van der Waals surface area (Å²) in [5, 5.41) is 7.56. The Kier molecular flexibility index (Phi) is 4.20. The van der Waals surface area contributed by atoms with Gasteiger partial charge in [0.25, 0.3) is 0 Å². The minimum absolute atomic E-state index is 0.346. The molecule has 1 unspecified atom stereocenters. The van der Waals surface area contributed by atoms with Crippen LogP contribution in [0.2, 0.25) is 0 Å². The Morgan fingerprint density at radius 3 is 2.94 bits per heavy atom. The van der Waals surface area contributed by atoms with Crippen molar-refractivity contribution in [2.75, 3.05) is 7.05 Å². The van der Waals surface area contributed by atoms with E-state index in [1.807, 2.05) is 25.0 Å². The Bertz CT molecular complexity index is 487. The highest BCUT2D eigenvalue weighted by molar-refractivity contribution is 5.22. The maximum absolute atomic E-state index is 5.50. The summed E-state index contributed by atoms with van der Waals surface area (Å²) >= 11 is 0. The molecule has 0 amide bonds. The third-order valence-electron chi connectivity index (χ3n) is 3.30. The zero-order valence-electron chi connectivity index (χ0n) is 11.3. The number of nitrogens with zero attached hydrogens (tertiary/aromatic N) is 2. The number of nitrogens with one attached hydrogen (secondary N) is 1. The van der Waals surface area contributed by atoms with Crippen LogP contribution in [0.3, 0.4) is 0 Å². The molecule has 0 saturated carbocycles. The molecule has 1 N–H and O–H groups in total. The van der Waals surface area contributed by atoms with Crippen LogP contribution < -0.4 is 5.32 Å². The van der Waals surface area contributed by atoms with E-state index in [1.165, 1.54) is 11.1 Å². The number of furan rings is 1. The fourth-order valence-electron chi connectivity index (χ4n) is 2.32. The van der Waals surface area contributed by atoms with Crippen LogP contribution in [-0.2, 0) is 19.9 Å². The van der Waals surface area contributed by atoms with Crippen molar-refractivity contribution in [3.8, 4) is 0 Å². The van der Waals surface area contributed by atoms with Crippen molar-refractivity contribution in [2.45, 2.75) is 32.2 Å². The molecule has 0 radical (unpaired) electrons. The van der Waals surface area contributed by atoms with Crippen LogP contribution in [0.4, 0.5) is 0 Å². The molecule has 0 aromatic carbocycles. The van der Waals surface area contributed by atoms with Gasteiger partial charge in [0.05, 0.1) is 12.5 Å². The standard InChI is InChI=1S/C14H21N3O/c1-4-14-12(7-8-18-14)13(15-2)6-5-11-9-16-17(3)10-11/h7-10,13,15H,4-6H2,1-3H3. The molecule has 18 heavy (non-hydrogen) atoms. The number of rotatable bonds is 6. The highest BCUT2D eigenvalue weighted by Gasteiger charge is 2.15. The highest BCUT2D eigenvalue weighted by Crippen LogP contribution is 2.23. The molecule has 0 saturated heterocycles. The number of hydrogen-bond donors (Lipinski definition) is 1. The van der Waals surface area contributed by atoms with Crippen LogP contribution in [0.15, 0.2) is 29.1 Å². The van der Waals surface area contributed by atoms with Crippen molar-refractivity contribution >= 4 is 0 Å². The minimum atomic E-state index is 0.346. The molecule has 0 aliphatic carbocycles. The fourth-order valence-corrected chi connectivity index (χ4v) is 2.32. The third-order valence-corrected chi connectivity index (χ3v) is 3.30. The molecule has 2 aromatic heterocycles. The molecule has 98 valence electrons. The van der Waals surface area contributed by atoms with Gasteiger partial charge in [0.1, 0.15) is 5.76 Å². The normalized spacial score (nSPS) is 12.8. The van der Waals surface area contributed by atoms with E-state index >= 15 is 0 Å². The van der Waals surface area contributed by atoms with Crippen molar-refractivity contribution in [1.29, 1.82) is 0 Å².